The maximum atomic E-state index is 11.9. The summed E-state index contributed by atoms with van der Waals surface area (Å²) in [6.45, 7) is 2.04. The number of anilines is 1. The van der Waals surface area contributed by atoms with E-state index in [4.69, 9.17) is 23.2 Å². The summed E-state index contributed by atoms with van der Waals surface area (Å²) in [5, 5.41) is 1.91. The third-order valence-electron chi connectivity index (χ3n) is 3.51. The van der Waals surface area contributed by atoms with Crippen LogP contribution < -0.4 is 4.90 Å². The predicted molar refractivity (Wildman–Crippen MR) is 90.7 cm³/mol. The molecule has 0 radical (unpaired) electrons. The molecule has 2 unspecified atom stereocenters. The van der Waals surface area contributed by atoms with Gasteiger partial charge < -0.3 is 4.90 Å². The number of nitrogens with zero attached hydrogens (tertiary/aromatic N) is 2. The van der Waals surface area contributed by atoms with E-state index < -0.39 is 9.84 Å². The van der Waals surface area contributed by atoms with Crippen LogP contribution >= 0.6 is 35.0 Å². The molecule has 0 amide bonds. The van der Waals surface area contributed by atoms with Crippen LogP contribution in [0.3, 0.4) is 0 Å². The van der Waals surface area contributed by atoms with E-state index >= 15 is 0 Å². The van der Waals surface area contributed by atoms with Crippen molar-refractivity contribution >= 4 is 55.7 Å². The fourth-order valence-electron chi connectivity index (χ4n) is 2.74. The van der Waals surface area contributed by atoms with Gasteiger partial charge in [0.25, 0.3) is 0 Å². The van der Waals surface area contributed by atoms with E-state index in [1.54, 1.807) is 30.0 Å². The van der Waals surface area contributed by atoms with Gasteiger partial charge in [-0.25, -0.2) is 8.42 Å². The van der Waals surface area contributed by atoms with Gasteiger partial charge in [-0.15, -0.1) is 0 Å². The minimum Gasteiger partial charge on any atom is -0.315 e. The fourth-order valence-corrected chi connectivity index (χ4v) is 5.95. The second-order valence-corrected chi connectivity index (χ2v) is 9.31. The molecule has 2 heterocycles. The summed E-state index contributed by atoms with van der Waals surface area (Å²) >= 11 is 13.8. The number of benzene rings is 1. The standard InChI is InChI=1S/C13H14Cl2N2O2S2/c1-2-20-13-16-11-6-21(18,19)7-12(11)17(13)10-4-8(14)3-9(15)5-10/h3-5,11-12H,2,6-7H2,1H3. The molecule has 3 rings (SSSR count). The average Bonchev–Trinajstić information content (AvgIpc) is 2.79. The highest BCUT2D eigenvalue weighted by Gasteiger charge is 2.47. The smallest absolute Gasteiger partial charge is 0.164 e. The van der Waals surface area contributed by atoms with E-state index in [9.17, 15) is 8.42 Å². The fraction of sp³-hybridized carbons (Fsp3) is 0.462. The van der Waals surface area contributed by atoms with Gasteiger partial charge in [0, 0.05) is 15.7 Å². The number of hydrogen-bond acceptors (Lipinski definition) is 5. The SMILES string of the molecule is CCSC1=NC2CS(=O)(=O)CC2N1c1cc(Cl)cc(Cl)c1. The first kappa shape index (κ1) is 15.5. The largest absolute Gasteiger partial charge is 0.315 e. The van der Waals surface area contributed by atoms with Crippen LogP contribution in [-0.4, -0.2) is 42.9 Å². The summed E-state index contributed by atoms with van der Waals surface area (Å²) in [7, 11) is -3.03. The highest BCUT2D eigenvalue weighted by Crippen LogP contribution is 2.37. The number of amidine groups is 1. The number of aliphatic imine (C=N–C) groups is 1. The van der Waals surface area contributed by atoms with Gasteiger partial charge in [0.1, 0.15) is 0 Å². The van der Waals surface area contributed by atoms with Crippen molar-refractivity contribution in [2.45, 2.75) is 19.0 Å². The molecule has 4 nitrogen and oxygen atoms in total. The predicted octanol–water partition coefficient (Wildman–Crippen LogP) is 3.09. The molecule has 0 N–H and O–H groups in total. The van der Waals surface area contributed by atoms with Crippen LogP contribution in [0.1, 0.15) is 6.92 Å². The zero-order valence-corrected chi connectivity index (χ0v) is 14.4. The van der Waals surface area contributed by atoms with Gasteiger partial charge in [0.05, 0.1) is 23.6 Å². The molecular weight excluding hydrogens is 351 g/mol. The second kappa shape index (κ2) is 5.65. The van der Waals surface area contributed by atoms with Gasteiger partial charge in [-0.1, -0.05) is 41.9 Å². The van der Waals surface area contributed by atoms with Crippen LogP contribution in [0.4, 0.5) is 5.69 Å². The maximum absolute atomic E-state index is 11.9. The summed E-state index contributed by atoms with van der Waals surface area (Å²) in [5.74, 6) is 1.12. The van der Waals surface area contributed by atoms with Gasteiger partial charge in [-0.3, -0.25) is 4.99 Å². The molecule has 0 spiro atoms. The average molecular weight is 365 g/mol. The second-order valence-electron chi connectivity index (χ2n) is 5.05. The molecule has 0 aromatic heterocycles. The molecule has 1 aromatic carbocycles. The number of rotatable bonds is 2. The first-order valence-corrected chi connectivity index (χ1v) is 10.1. The van der Waals surface area contributed by atoms with Crippen LogP contribution in [0.2, 0.25) is 10.0 Å². The van der Waals surface area contributed by atoms with Crippen LogP contribution in [0.15, 0.2) is 23.2 Å². The molecule has 1 saturated heterocycles. The van der Waals surface area contributed by atoms with Crippen LogP contribution in [0, 0.1) is 0 Å². The van der Waals surface area contributed by atoms with E-state index in [0.717, 1.165) is 16.6 Å². The van der Waals surface area contributed by atoms with Crippen molar-refractivity contribution < 1.29 is 8.42 Å². The lowest BCUT2D eigenvalue weighted by molar-refractivity contribution is 0.601. The lowest BCUT2D eigenvalue weighted by Crippen LogP contribution is -2.39. The normalized spacial score (nSPS) is 26.8. The number of hydrogen-bond donors (Lipinski definition) is 0. The maximum Gasteiger partial charge on any atom is 0.164 e. The topological polar surface area (TPSA) is 49.7 Å². The number of thioether (sulfide) groups is 1. The molecule has 114 valence electrons. The Balaban J connectivity index is 2.03. The number of fused-ring (bicyclic) bond motifs is 1. The van der Waals surface area contributed by atoms with Crippen molar-refractivity contribution in [2.24, 2.45) is 4.99 Å². The summed E-state index contributed by atoms with van der Waals surface area (Å²) in [6.07, 6.45) is 0. The van der Waals surface area contributed by atoms with Gasteiger partial charge in [0.15, 0.2) is 15.0 Å². The van der Waals surface area contributed by atoms with Gasteiger partial charge in [-0.05, 0) is 24.0 Å². The Labute approximate surface area is 138 Å². The molecule has 0 aliphatic carbocycles. The molecule has 8 heteroatoms. The van der Waals surface area contributed by atoms with Gasteiger partial charge in [-0.2, -0.15) is 0 Å². The number of halogens is 2. The van der Waals surface area contributed by atoms with Crippen molar-refractivity contribution in [3.05, 3.63) is 28.2 Å². The Hall–Kier alpha value is -0.430. The van der Waals surface area contributed by atoms with Crippen molar-refractivity contribution in [2.75, 3.05) is 22.2 Å². The Bertz CT molecular complexity index is 686. The molecule has 1 fully saturated rings. The highest BCUT2D eigenvalue weighted by atomic mass is 35.5. The van der Waals surface area contributed by atoms with Gasteiger partial charge in [0.2, 0.25) is 0 Å². The first-order chi connectivity index (χ1) is 9.89. The Morgan fingerprint density at radius 3 is 2.57 bits per heavy atom. The summed E-state index contributed by atoms with van der Waals surface area (Å²) in [4.78, 5) is 6.57. The summed E-state index contributed by atoms with van der Waals surface area (Å²) in [6, 6.07) is 4.91. The summed E-state index contributed by atoms with van der Waals surface area (Å²) in [5.41, 5.74) is 0.803. The van der Waals surface area contributed by atoms with E-state index in [0.29, 0.717) is 10.0 Å². The van der Waals surface area contributed by atoms with Crippen molar-refractivity contribution in [1.82, 2.24) is 0 Å². The van der Waals surface area contributed by atoms with E-state index in [1.807, 2.05) is 11.8 Å². The van der Waals surface area contributed by atoms with E-state index in [2.05, 4.69) is 4.99 Å². The quantitative estimate of drug-likeness (QED) is 0.808. The molecule has 2 aliphatic rings. The minimum absolute atomic E-state index is 0.121. The van der Waals surface area contributed by atoms with Crippen LogP contribution in [-0.2, 0) is 9.84 Å². The van der Waals surface area contributed by atoms with Gasteiger partial charge >= 0.3 is 0 Å². The molecule has 0 saturated carbocycles. The van der Waals surface area contributed by atoms with E-state index in [1.165, 1.54) is 0 Å². The number of sulfone groups is 1. The Morgan fingerprint density at radius 2 is 1.95 bits per heavy atom. The molecule has 1 aromatic rings. The van der Waals surface area contributed by atoms with E-state index in [-0.39, 0.29) is 23.6 Å². The third-order valence-corrected chi connectivity index (χ3v) is 6.49. The van der Waals surface area contributed by atoms with Crippen LogP contribution in [0.5, 0.6) is 0 Å². The highest BCUT2D eigenvalue weighted by molar-refractivity contribution is 8.14. The first-order valence-electron chi connectivity index (χ1n) is 6.56. The molecule has 2 aliphatic heterocycles. The van der Waals surface area contributed by atoms with Crippen molar-refractivity contribution in [3.63, 3.8) is 0 Å². The van der Waals surface area contributed by atoms with Crippen LogP contribution in [0.25, 0.3) is 0 Å². The Kier molecular flexibility index (Phi) is 4.16. The lowest BCUT2D eigenvalue weighted by atomic mass is 10.1. The summed E-state index contributed by atoms with van der Waals surface area (Å²) < 4.78 is 23.7. The third kappa shape index (κ3) is 3.04. The molecular formula is C13H14Cl2N2O2S2. The minimum atomic E-state index is -3.03. The molecule has 2 atom stereocenters. The molecule has 0 bridgehead atoms. The molecule has 21 heavy (non-hydrogen) atoms. The lowest BCUT2D eigenvalue weighted by Gasteiger charge is -2.26. The Morgan fingerprint density at radius 1 is 1.29 bits per heavy atom. The zero-order chi connectivity index (χ0) is 15.2. The van der Waals surface area contributed by atoms with Crippen molar-refractivity contribution in [1.29, 1.82) is 0 Å². The zero-order valence-electron chi connectivity index (χ0n) is 11.3. The monoisotopic (exact) mass is 364 g/mol. The van der Waals surface area contributed by atoms with Crippen molar-refractivity contribution in [3.8, 4) is 0 Å².